The normalized spacial score (nSPS) is 21.8. The highest BCUT2D eigenvalue weighted by atomic mass is 16.6. The number of nitrogens with one attached hydrogen (secondary N) is 1. The van der Waals surface area contributed by atoms with Crippen LogP contribution >= 0.6 is 0 Å². The Morgan fingerprint density at radius 3 is 2.53 bits per heavy atom. The number of carbonyl (C=O) groups is 3. The first kappa shape index (κ1) is 27.5. The summed E-state index contributed by atoms with van der Waals surface area (Å²) in [5.74, 6) is -2.86. The number of dihydropyridines is 1. The Morgan fingerprint density at radius 1 is 1.14 bits per heavy atom. The second-order valence-electron chi connectivity index (χ2n) is 9.49. The minimum Gasteiger partial charge on any atom is -0.491 e. The van der Waals surface area contributed by atoms with E-state index >= 15 is 0 Å². The van der Waals surface area contributed by atoms with Crippen molar-refractivity contribution in [3.05, 3.63) is 52.4 Å². The molecule has 2 aliphatic rings. The van der Waals surface area contributed by atoms with E-state index in [2.05, 4.69) is 5.32 Å². The van der Waals surface area contributed by atoms with Crippen LogP contribution in [0, 0.1) is 11.8 Å². The summed E-state index contributed by atoms with van der Waals surface area (Å²) in [6, 6.07) is 7.36. The van der Waals surface area contributed by atoms with E-state index in [1.165, 1.54) is 7.11 Å². The second kappa shape index (κ2) is 12.2. The molecule has 1 N–H and O–H groups in total. The first-order chi connectivity index (χ1) is 17.2. The third-order valence-corrected chi connectivity index (χ3v) is 6.36. The quantitative estimate of drug-likeness (QED) is 0.292. The molecule has 1 heterocycles. The standard InChI is InChI=1S/C28H37NO7/c1-7-12-34-13-14-35-28(32)23-18(5)29-20-15-17(4)22(27(31)33-6)26(30)25(20)24(23)19-10-8-9-11-21(19)36-16(2)3/h8-11,16-17,22,24,29H,7,12-15H2,1-6H3/t17-,22+,24-/m0/s1. The highest BCUT2D eigenvalue weighted by Crippen LogP contribution is 2.47. The summed E-state index contributed by atoms with van der Waals surface area (Å²) < 4.78 is 22.1. The Balaban J connectivity index is 2.10. The number of benzene rings is 1. The van der Waals surface area contributed by atoms with Gasteiger partial charge in [0.2, 0.25) is 0 Å². The number of hydrogen-bond donors (Lipinski definition) is 1. The van der Waals surface area contributed by atoms with E-state index in [1.807, 2.05) is 52.0 Å². The molecular weight excluding hydrogens is 462 g/mol. The second-order valence-corrected chi connectivity index (χ2v) is 9.49. The molecule has 0 saturated carbocycles. The van der Waals surface area contributed by atoms with Crippen LogP contribution in [0.1, 0.15) is 58.9 Å². The van der Waals surface area contributed by atoms with Crippen LogP contribution < -0.4 is 10.1 Å². The number of esters is 2. The number of ketones is 1. The maximum atomic E-state index is 13.9. The molecule has 0 radical (unpaired) electrons. The Bertz CT molecular complexity index is 1060. The van der Waals surface area contributed by atoms with E-state index in [9.17, 15) is 14.4 Å². The lowest BCUT2D eigenvalue weighted by atomic mass is 9.69. The molecule has 8 nitrogen and oxygen atoms in total. The van der Waals surface area contributed by atoms with Crippen molar-refractivity contribution in [1.82, 2.24) is 5.32 Å². The molecule has 0 amide bonds. The predicted molar refractivity (Wildman–Crippen MR) is 134 cm³/mol. The number of Topliss-reactive ketones (excluding diaryl/α,β-unsaturated/α-hetero) is 1. The van der Waals surface area contributed by atoms with Crippen LogP contribution in [0.15, 0.2) is 46.8 Å². The van der Waals surface area contributed by atoms with Gasteiger partial charge in [0.15, 0.2) is 5.78 Å². The fourth-order valence-corrected chi connectivity index (χ4v) is 4.86. The molecule has 0 fully saturated rings. The van der Waals surface area contributed by atoms with Gasteiger partial charge in [-0.25, -0.2) is 4.79 Å². The summed E-state index contributed by atoms with van der Waals surface area (Å²) in [4.78, 5) is 39.9. The number of para-hydroxylation sites is 1. The van der Waals surface area contributed by atoms with E-state index in [0.29, 0.717) is 46.9 Å². The van der Waals surface area contributed by atoms with Crippen molar-refractivity contribution in [2.24, 2.45) is 11.8 Å². The predicted octanol–water partition coefficient (Wildman–Crippen LogP) is 4.06. The Kier molecular flexibility index (Phi) is 9.31. The van der Waals surface area contributed by atoms with Crippen LogP contribution in [0.2, 0.25) is 0 Å². The first-order valence-electron chi connectivity index (χ1n) is 12.5. The number of ether oxygens (including phenoxy) is 4. The molecule has 1 aliphatic heterocycles. The van der Waals surface area contributed by atoms with Crippen LogP contribution in [0.5, 0.6) is 5.75 Å². The van der Waals surface area contributed by atoms with Gasteiger partial charge in [-0.05, 0) is 45.6 Å². The van der Waals surface area contributed by atoms with Crippen molar-refractivity contribution in [3.8, 4) is 5.75 Å². The maximum absolute atomic E-state index is 13.9. The lowest BCUT2D eigenvalue weighted by Crippen LogP contribution is -2.43. The zero-order chi connectivity index (χ0) is 26.4. The molecule has 3 rings (SSSR count). The number of rotatable bonds is 10. The fourth-order valence-electron chi connectivity index (χ4n) is 4.86. The molecule has 0 saturated heterocycles. The Hall–Kier alpha value is -3.13. The van der Waals surface area contributed by atoms with Gasteiger partial charge in [0.1, 0.15) is 18.3 Å². The van der Waals surface area contributed by atoms with Crippen molar-refractivity contribution < 1.29 is 33.3 Å². The van der Waals surface area contributed by atoms with Crippen molar-refractivity contribution in [1.29, 1.82) is 0 Å². The Morgan fingerprint density at radius 2 is 1.86 bits per heavy atom. The third kappa shape index (κ3) is 5.81. The monoisotopic (exact) mass is 499 g/mol. The SMILES string of the molecule is CCCOCCOC(=O)C1=C(C)NC2=C(C(=O)[C@H](C(=O)OC)[C@@H](C)C2)[C@H]1c1ccccc1OC(C)C. The van der Waals surface area contributed by atoms with Crippen molar-refractivity contribution >= 4 is 17.7 Å². The maximum Gasteiger partial charge on any atom is 0.336 e. The van der Waals surface area contributed by atoms with Crippen LogP contribution in [-0.2, 0) is 28.6 Å². The van der Waals surface area contributed by atoms with Gasteiger partial charge in [0, 0.05) is 29.1 Å². The van der Waals surface area contributed by atoms with E-state index in [1.54, 1.807) is 6.92 Å². The summed E-state index contributed by atoms with van der Waals surface area (Å²) in [6.45, 7) is 10.4. The van der Waals surface area contributed by atoms with Gasteiger partial charge in [-0.1, -0.05) is 32.0 Å². The van der Waals surface area contributed by atoms with Gasteiger partial charge < -0.3 is 24.3 Å². The van der Waals surface area contributed by atoms with E-state index < -0.39 is 23.8 Å². The summed E-state index contributed by atoms with van der Waals surface area (Å²) >= 11 is 0. The molecule has 1 aromatic rings. The first-order valence-corrected chi connectivity index (χ1v) is 12.5. The lowest BCUT2D eigenvalue weighted by Gasteiger charge is -2.38. The summed E-state index contributed by atoms with van der Waals surface area (Å²) in [7, 11) is 1.28. The van der Waals surface area contributed by atoms with Crippen molar-refractivity contribution in [3.63, 3.8) is 0 Å². The average molecular weight is 500 g/mol. The molecule has 0 unspecified atom stereocenters. The van der Waals surface area contributed by atoms with Crippen LogP contribution in [-0.4, -0.2) is 50.8 Å². The average Bonchev–Trinajstić information content (AvgIpc) is 2.82. The molecule has 1 aromatic carbocycles. The lowest BCUT2D eigenvalue weighted by molar-refractivity contribution is -0.151. The van der Waals surface area contributed by atoms with Crippen molar-refractivity contribution in [2.75, 3.05) is 26.9 Å². The van der Waals surface area contributed by atoms with E-state index in [4.69, 9.17) is 18.9 Å². The molecule has 0 spiro atoms. The molecule has 8 heteroatoms. The fraction of sp³-hybridized carbons (Fsp3) is 0.536. The smallest absolute Gasteiger partial charge is 0.336 e. The highest BCUT2D eigenvalue weighted by Gasteiger charge is 2.47. The van der Waals surface area contributed by atoms with Crippen molar-refractivity contribution in [2.45, 2.75) is 59.5 Å². The number of hydrogen-bond acceptors (Lipinski definition) is 8. The zero-order valence-electron chi connectivity index (χ0n) is 22.0. The van der Waals surface area contributed by atoms with Crippen LogP contribution in [0.25, 0.3) is 0 Å². The largest absolute Gasteiger partial charge is 0.491 e. The van der Waals surface area contributed by atoms with E-state index in [0.717, 1.165) is 6.42 Å². The highest BCUT2D eigenvalue weighted by molar-refractivity contribution is 6.12. The molecule has 0 bridgehead atoms. The molecule has 3 atom stereocenters. The van der Waals surface area contributed by atoms with Gasteiger partial charge in [0.25, 0.3) is 0 Å². The third-order valence-electron chi connectivity index (χ3n) is 6.36. The Labute approximate surface area is 213 Å². The van der Waals surface area contributed by atoms with E-state index in [-0.39, 0.29) is 31.0 Å². The van der Waals surface area contributed by atoms with Crippen LogP contribution in [0.3, 0.4) is 0 Å². The van der Waals surface area contributed by atoms with Gasteiger partial charge in [-0.3, -0.25) is 9.59 Å². The van der Waals surface area contributed by atoms with Gasteiger partial charge in [-0.15, -0.1) is 0 Å². The minimum atomic E-state index is -0.950. The molecule has 36 heavy (non-hydrogen) atoms. The molecule has 1 aliphatic carbocycles. The number of carbonyl (C=O) groups excluding carboxylic acids is 3. The summed E-state index contributed by atoms with van der Waals surface area (Å²) in [5.41, 5.74) is 2.67. The van der Waals surface area contributed by atoms with Gasteiger partial charge >= 0.3 is 11.9 Å². The minimum absolute atomic E-state index is 0.0914. The zero-order valence-corrected chi connectivity index (χ0v) is 22.0. The van der Waals surface area contributed by atoms with Crippen LogP contribution in [0.4, 0.5) is 0 Å². The van der Waals surface area contributed by atoms with Gasteiger partial charge in [0.05, 0.1) is 31.3 Å². The topological polar surface area (TPSA) is 100 Å². The summed E-state index contributed by atoms with van der Waals surface area (Å²) in [5, 5.41) is 3.27. The van der Waals surface area contributed by atoms with Gasteiger partial charge in [-0.2, -0.15) is 0 Å². The molecule has 0 aromatic heterocycles. The summed E-state index contributed by atoms with van der Waals surface area (Å²) in [6.07, 6.45) is 1.22. The number of methoxy groups -OCH3 is 1. The molecular formula is C28H37NO7. The number of allylic oxidation sites excluding steroid dienone is 3. The molecule has 196 valence electrons.